The smallest absolute Gasteiger partial charge is 0.311 e. The van der Waals surface area contributed by atoms with Crippen LogP contribution in [0.2, 0.25) is 0 Å². The number of halogens is 1. The summed E-state index contributed by atoms with van der Waals surface area (Å²) < 4.78 is 45.3. The Morgan fingerprint density at radius 3 is 2.52 bits per heavy atom. The monoisotopic (exact) mass is 487 g/mol. The SMILES string of the molecule is CCOC(=O)Cc1csc(SCC(=O)N2CCN(S(=O)(=O)c3ccc(F)cc3)CC2)n1. The number of piperazine rings is 1. The quantitative estimate of drug-likeness (QED) is 0.415. The van der Waals surface area contributed by atoms with Crippen molar-refractivity contribution >= 4 is 45.0 Å². The normalized spacial score (nSPS) is 15.1. The van der Waals surface area contributed by atoms with Crippen LogP contribution in [0.1, 0.15) is 12.6 Å². The maximum absolute atomic E-state index is 13.1. The van der Waals surface area contributed by atoms with Gasteiger partial charge in [0.25, 0.3) is 0 Å². The number of sulfonamides is 1. The van der Waals surface area contributed by atoms with E-state index >= 15 is 0 Å². The molecular formula is C19H22FN3O5S3. The van der Waals surface area contributed by atoms with E-state index in [4.69, 9.17) is 4.74 Å². The van der Waals surface area contributed by atoms with Crippen LogP contribution in [0.15, 0.2) is 38.9 Å². The number of aromatic nitrogens is 1. The number of ether oxygens (including phenoxy) is 1. The van der Waals surface area contributed by atoms with E-state index in [1.807, 2.05) is 0 Å². The van der Waals surface area contributed by atoms with Crippen molar-refractivity contribution in [1.82, 2.24) is 14.2 Å². The standard InChI is InChI=1S/C19H22FN3O5S3/c1-2-28-18(25)11-15-12-29-19(21-15)30-13-17(24)22-7-9-23(10-8-22)31(26,27)16-5-3-14(20)4-6-16/h3-6,12H,2,7-11,13H2,1H3. The minimum atomic E-state index is -3.72. The molecule has 8 nitrogen and oxygen atoms in total. The Kier molecular flexibility index (Phi) is 8.03. The van der Waals surface area contributed by atoms with Crippen molar-refractivity contribution in [2.75, 3.05) is 38.5 Å². The topological polar surface area (TPSA) is 96.9 Å². The van der Waals surface area contributed by atoms with E-state index in [1.165, 1.54) is 39.5 Å². The van der Waals surface area contributed by atoms with Crippen molar-refractivity contribution in [2.24, 2.45) is 0 Å². The second-order valence-electron chi connectivity index (χ2n) is 6.61. The van der Waals surface area contributed by atoms with E-state index in [1.54, 1.807) is 17.2 Å². The zero-order chi connectivity index (χ0) is 22.4. The molecule has 31 heavy (non-hydrogen) atoms. The molecule has 1 fully saturated rings. The molecule has 2 aromatic rings. The summed E-state index contributed by atoms with van der Waals surface area (Å²) in [7, 11) is -3.72. The molecule has 0 radical (unpaired) electrons. The van der Waals surface area contributed by atoms with Gasteiger partial charge in [0.05, 0.1) is 29.4 Å². The number of hydrogen-bond acceptors (Lipinski definition) is 8. The largest absolute Gasteiger partial charge is 0.466 e. The average Bonchev–Trinajstić information content (AvgIpc) is 3.19. The molecule has 0 bridgehead atoms. The third-order valence-electron chi connectivity index (χ3n) is 4.52. The van der Waals surface area contributed by atoms with Gasteiger partial charge in [0.15, 0.2) is 4.34 Å². The van der Waals surface area contributed by atoms with Crippen molar-refractivity contribution in [3.8, 4) is 0 Å². The van der Waals surface area contributed by atoms with Crippen LogP contribution in [0.4, 0.5) is 4.39 Å². The van der Waals surface area contributed by atoms with Crippen molar-refractivity contribution in [2.45, 2.75) is 22.6 Å². The molecule has 1 aromatic heterocycles. The van der Waals surface area contributed by atoms with Crippen molar-refractivity contribution in [3.63, 3.8) is 0 Å². The van der Waals surface area contributed by atoms with Crippen molar-refractivity contribution in [3.05, 3.63) is 41.2 Å². The number of thiazole rings is 1. The van der Waals surface area contributed by atoms with E-state index in [2.05, 4.69) is 4.98 Å². The predicted molar refractivity (Wildman–Crippen MR) is 115 cm³/mol. The Morgan fingerprint density at radius 1 is 1.19 bits per heavy atom. The molecule has 3 rings (SSSR count). The predicted octanol–water partition coefficient (Wildman–Crippen LogP) is 2.01. The third-order valence-corrected chi connectivity index (χ3v) is 8.49. The number of hydrogen-bond donors (Lipinski definition) is 0. The number of benzene rings is 1. The summed E-state index contributed by atoms with van der Waals surface area (Å²) in [6.07, 6.45) is 0.101. The number of carbonyl (C=O) groups excluding carboxylic acids is 2. The number of thioether (sulfide) groups is 1. The number of rotatable bonds is 8. The van der Waals surface area contributed by atoms with Gasteiger partial charge in [-0.05, 0) is 31.2 Å². The first kappa shape index (κ1) is 23.6. The van der Waals surface area contributed by atoms with Crippen LogP contribution >= 0.6 is 23.1 Å². The van der Waals surface area contributed by atoms with Crippen LogP contribution in [-0.4, -0.2) is 73.0 Å². The van der Waals surface area contributed by atoms with Gasteiger partial charge >= 0.3 is 5.97 Å². The molecule has 1 aliphatic heterocycles. The number of esters is 1. The molecular weight excluding hydrogens is 465 g/mol. The van der Waals surface area contributed by atoms with Crippen molar-refractivity contribution in [1.29, 1.82) is 0 Å². The minimum Gasteiger partial charge on any atom is -0.466 e. The first-order valence-electron chi connectivity index (χ1n) is 9.56. The van der Waals surface area contributed by atoms with E-state index in [0.29, 0.717) is 16.6 Å². The molecule has 0 unspecified atom stereocenters. The van der Waals surface area contributed by atoms with Crippen LogP contribution in [0.25, 0.3) is 0 Å². The van der Waals surface area contributed by atoms with E-state index < -0.39 is 15.8 Å². The van der Waals surface area contributed by atoms with Gasteiger partial charge in [0.1, 0.15) is 5.82 Å². The molecule has 0 aliphatic carbocycles. The summed E-state index contributed by atoms with van der Waals surface area (Å²) in [5, 5.41) is 1.77. The lowest BCUT2D eigenvalue weighted by atomic mass is 10.3. The zero-order valence-electron chi connectivity index (χ0n) is 16.8. The highest BCUT2D eigenvalue weighted by Gasteiger charge is 2.30. The molecule has 12 heteroatoms. The Hall–Kier alpha value is -2.02. The molecule has 2 heterocycles. The van der Waals surface area contributed by atoms with Gasteiger partial charge in [-0.1, -0.05) is 11.8 Å². The summed E-state index contributed by atoms with van der Waals surface area (Å²) in [4.78, 5) is 30.0. The van der Waals surface area contributed by atoms with Crippen LogP contribution in [0, 0.1) is 5.82 Å². The van der Waals surface area contributed by atoms with Gasteiger partial charge in [0.2, 0.25) is 15.9 Å². The maximum Gasteiger partial charge on any atom is 0.311 e. The second-order valence-corrected chi connectivity index (χ2v) is 10.6. The molecule has 0 spiro atoms. The summed E-state index contributed by atoms with van der Waals surface area (Å²) in [6, 6.07) is 4.70. The van der Waals surface area contributed by atoms with Crippen LogP contribution in [0.3, 0.4) is 0 Å². The highest BCUT2D eigenvalue weighted by atomic mass is 32.2. The van der Waals surface area contributed by atoms with Gasteiger partial charge < -0.3 is 9.64 Å². The zero-order valence-corrected chi connectivity index (χ0v) is 19.3. The Morgan fingerprint density at radius 2 is 1.87 bits per heavy atom. The second kappa shape index (κ2) is 10.5. The van der Waals surface area contributed by atoms with E-state index in [0.717, 1.165) is 12.1 Å². The van der Waals surface area contributed by atoms with Crippen LogP contribution in [-0.2, 0) is 30.8 Å². The van der Waals surface area contributed by atoms with E-state index in [-0.39, 0.29) is 55.1 Å². The third kappa shape index (κ3) is 6.25. The van der Waals surface area contributed by atoms with Gasteiger partial charge in [-0.3, -0.25) is 9.59 Å². The fraction of sp³-hybridized carbons (Fsp3) is 0.421. The van der Waals surface area contributed by atoms with E-state index in [9.17, 15) is 22.4 Å². The highest BCUT2D eigenvalue weighted by molar-refractivity contribution is 8.01. The number of nitrogens with zero attached hydrogens (tertiary/aromatic N) is 3. The first-order valence-corrected chi connectivity index (χ1v) is 12.9. The molecule has 0 N–H and O–H groups in total. The minimum absolute atomic E-state index is 0.0339. The average molecular weight is 488 g/mol. The van der Waals surface area contributed by atoms with Gasteiger partial charge in [-0.25, -0.2) is 17.8 Å². The summed E-state index contributed by atoms with van der Waals surface area (Å²) in [5.41, 5.74) is 0.609. The van der Waals surface area contributed by atoms with Gasteiger partial charge in [0, 0.05) is 31.6 Å². The highest BCUT2D eigenvalue weighted by Crippen LogP contribution is 2.24. The molecule has 0 atom stereocenters. The lowest BCUT2D eigenvalue weighted by Crippen LogP contribution is -2.50. The molecule has 1 amide bonds. The van der Waals surface area contributed by atoms with Gasteiger partial charge in [-0.15, -0.1) is 11.3 Å². The molecule has 1 aromatic carbocycles. The first-order chi connectivity index (χ1) is 14.8. The summed E-state index contributed by atoms with van der Waals surface area (Å²) in [6.45, 7) is 2.98. The fourth-order valence-corrected chi connectivity index (χ4v) is 6.11. The Balaban J connectivity index is 1.48. The summed E-state index contributed by atoms with van der Waals surface area (Å²) >= 11 is 2.64. The molecule has 0 saturated carbocycles. The number of amides is 1. The summed E-state index contributed by atoms with van der Waals surface area (Å²) in [5.74, 6) is -0.767. The lowest BCUT2D eigenvalue weighted by molar-refractivity contribution is -0.142. The molecule has 1 aliphatic rings. The number of carbonyl (C=O) groups is 2. The molecule has 168 valence electrons. The molecule has 1 saturated heterocycles. The van der Waals surface area contributed by atoms with Crippen LogP contribution < -0.4 is 0 Å². The Bertz CT molecular complexity index is 1020. The fourth-order valence-electron chi connectivity index (χ4n) is 2.94. The van der Waals surface area contributed by atoms with Gasteiger partial charge in [-0.2, -0.15) is 4.31 Å². The van der Waals surface area contributed by atoms with Crippen molar-refractivity contribution < 1.29 is 27.1 Å². The lowest BCUT2D eigenvalue weighted by Gasteiger charge is -2.34. The van der Waals surface area contributed by atoms with Crippen LogP contribution in [0.5, 0.6) is 0 Å². The Labute approximate surface area is 188 Å². The maximum atomic E-state index is 13.1.